The Morgan fingerprint density at radius 3 is 2.70 bits per heavy atom. The fourth-order valence-electron chi connectivity index (χ4n) is 4.27. The summed E-state index contributed by atoms with van der Waals surface area (Å²) in [5.74, 6) is 1.00. The van der Waals surface area contributed by atoms with Crippen LogP contribution in [0.25, 0.3) is 0 Å². The summed E-state index contributed by atoms with van der Waals surface area (Å²) in [6.45, 7) is 5.07. The third-order valence-corrected chi connectivity index (χ3v) is 6.41. The van der Waals surface area contributed by atoms with E-state index in [9.17, 15) is 4.79 Å². The zero-order chi connectivity index (χ0) is 16.1. The van der Waals surface area contributed by atoms with Gasteiger partial charge in [-0.05, 0) is 36.9 Å². The van der Waals surface area contributed by atoms with Crippen LogP contribution >= 0.6 is 11.3 Å². The predicted molar refractivity (Wildman–Crippen MR) is 92.9 cm³/mol. The zero-order valence-corrected chi connectivity index (χ0v) is 14.2. The number of thiophene rings is 1. The number of carbonyl (C=O) groups excluding carboxylic acids is 1. The van der Waals surface area contributed by atoms with Crippen LogP contribution in [0.1, 0.15) is 35.0 Å². The van der Waals surface area contributed by atoms with E-state index in [1.807, 2.05) is 23.6 Å². The van der Waals surface area contributed by atoms with Crippen LogP contribution in [0.4, 0.5) is 0 Å². The molecule has 2 aliphatic rings. The van der Waals surface area contributed by atoms with Gasteiger partial charge in [0.2, 0.25) is 0 Å². The Hall–Kier alpha value is -1.71. The SMILES string of the molecule is CC1(C)OC[C@@H]2[C@@H](c3ccccc3)[C@@]21/C=C/C(=O)c1cccs1. The number of hydrogen-bond acceptors (Lipinski definition) is 3. The third kappa shape index (κ3) is 2.14. The summed E-state index contributed by atoms with van der Waals surface area (Å²) in [7, 11) is 0. The van der Waals surface area contributed by atoms with Gasteiger partial charge in [0, 0.05) is 17.3 Å². The highest BCUT2D eigenvalue weighted by Crippen LogP contribution is 2.75. The molecule has 3 atom stereocenters. The van der Waals surface area contributed by atoms with Crippen molar-refractivity contribution >= 4 is 17.1 Å². The van der Waals surface area contributed by atoms with Crippen LogP contribution in [-0.2, 0) is 4.74 Å². The van der Waals surface area contributed by atoms with E-state index in [0.29, 0.717) is 11.8 Å². The Bertz CT molecular complexity index is 745. The van der Waals surface area contributed by atoms with Crippen LogP contribution in [-0.4, -0.2) is 18.0 Å². The van der Waals surface area contributed by atoms with E-state index >= 15 is 0 Å². The summed E-state index contributed by atoms with van der Waals surface area (Å²) in [6.07, 6.45) is 3.89. The summed E-state index contributed by atoms with van der Waals surface area (Å²) >= 11 is 1.49. The van der Waals surface area contributed by atoms with E-state index in [1.165, 1.54) is 16.9 Å². The first-order valence-corrected chi connectivity index (χ1v) is 8.90. The fraction of sp³-hybridized carbons (Fsp3) is 0.350. The van der Waals surface area contributed by atoms with Gasteiger partial charge in [-0.3, -0.25) is 4.79 Å². The fourth-order valence-corrected chi connectivity index (χ4v) is 4.92. The van der Waals surface area contributed by atoms with Crippen LogP contribution in [0.15, 0.2) is 60.0 Å². The maximum atomic E-state index is 12.4. The van der Waals surface area contributed by atoms with Crippen LogP contribution in [0, 0.1) is 11.3 Å². The van der Waals surface area contributed by atoms with Crippen molar-refractivity contribution in [3.63, 3.8) is 0 Å². The van der Waals surface area contributed by atoms with Gasteiger partial charge in [-0.25, -0.2) is 0 Å². The van der Waals surface area contributed by atoms with Gasteiger partial charge in [0.1, 0.15) is 0 Å². The van der Waals surface area contributed by atoms with E-state index in [0.717, 1.165) is 11.5 Å². The number of fused-ring (bicyclic) bond motifs is 1. The molecule has 118 valence electrons. The molecule has 0 N–H and O–H groups in total. The second-order valence-electron chi connectivity index (χ2n) is 6.92. The summed E-state index contributed by atoms with van der Waals surface area (Å²) in [4.78, 5) is 13.2. The molecular weight excluding hydrogens is 304 g/mol. The van der Waals surface area contributed by atoms with Gasteiger partial charge in [-0.15, -0.1) is 11.3 Å². The standard InChI is InChI=1S/C20H20O2S/c1-19(2)20(11-10-16(21)17-9-6-12-23-17)15(13-22-19)18(20)14-7-4-3-5-8-14/h3-12,15,18H,13H2,1-2H3/b11-10+/t15-,18-,20-/m1/s1. The monoisotopic (exact) mass is 324 g/mol. The first kappa shape index (κ1) is 14.9. The Labute approximate surface area is 140 Å². The van der Waals surface area contributed by atoms with Crippen molar-refractivity contribution in [2.24, 2.45) is 11.3 Å². The lowest BCUT2D eigenvalue weighted by Crippen LogP contribution is -2.32. The van der Waals surface area contributed by atoms with Gasteiger partial charge >= 0.3 is 0 Å². The second kappa shape index (κ2) is 5.15. The molecule has 2 aromatic rings. The third-order valence-electron chi connectivity index (χ3n) is 5.52. The first-order valence-electron chi connectivity index (χ1n) is 8.02. The molecule has 1 saturated carbocycles. The van der Waals surface area contributed by atoms with Crippen LogP contribution in [0.5, 0.6) is 0 Å². The lowest BCUT2D eigenvalue weighted by Gasteiger charge is -2.30. The number of allylic oxidation sites excluding steroid dienone is 1. The Kier molecular flexibility index (Phi) is 3.33. The number of benzene rings is 1. The molecule has 4 rings (SSSR count). The summed E-state index contributed by atoms with van der Waals surface area (Å²) in [6, 6.07) is 14.4. The molecule has 1 saturated heterocycles. The Balaban J connectivity index is 1.67. The summed E-state index contributed by atoms with van der Waals surface area (Å²) < 4.78 is 6.02. The van der Waals surface area contributed by atoms with E-state index in [4.69, 9.17) is 4.74 Å². The molecule has 2 heterocycles. The molecule has 1 aliphatic carbocycles. The smallest absolute Gasteiger partial charge is 0.195 e. The van der Waals surface area contributed by atoms with Crippen molar-refractivity contribution in [1.82, 2.24) is 0 Å². The van der Waals surface area contributed by atoms with Crippen molar-refractivity contribution in [1.29, 1.82) is 0 Å². The number of rotatable bonds is 4. The number of ketones is 1. The molecule has 0 amide bonds. The lowest BCUT2D eigenvalue weighted by atomic mass is 9.83. The average Bonchev–Trinajstić information content (AvgIpc) is 2.85. The Morgan fingerprint density at radius 1 is 1.22 bits per heavy atom. The van der Waals surface area contributed by atoms with Crippen LogP contribution in [0.2, 0.25) is 0 Å². The van der Waals surface area contributed by atoms with Gasteiger partial charge < -0.3 is 4.74 Å². The van der Waals surface area contributed by atoms with Gasteiger partial charge in [0.05, 0.1) is 17.1 Å². The van der Waals surface area contributed by atoms with Crippen molar-refractivity contribution in [3.8, 4) is 0 Å². The maximum Gasteiger partial charge on any atom is 0.195 e. The zero-order valence-electron chi connectivity index (χ0n) is 13.4. The number of hydrogen-bond donors (Lipinski definition) is 0. The highest BCUT2D eigenvalue weighted by Gasteiger charge is 2.74. The molecule has 1 aliphatic heterocycles. The van der Waals surface area contributed by atoms with Crippen LogP contribution in [0.3, 0.4) is 0 Å². The molecule has 0 radical (unpaired) electrons. The van der Waals surface area contributed by atoms with E-state index in [2.05, 4.69) is 44.2 Å². The molecule has 0 bridgehead atoms. The molecule has 0 spiro atoms. The molecule has 2 fully saturated rings. The molecule has 0 unspecified atom stereocenters. The van der Waals surface area contributed by atoms with Gasteiger partial charge in [0.15, 0.2) is 5.78 Å². The van der Waals surface area contributed by atoms with Gasteiger partial charge in [0.25, 0.3) is 0 Å². The van der Waals surface area contributed by atoms with Crippen molar-refractivity contribution in [3.05, 3.63) is 70.4 Å². The van der Waals surface area contributed by atoms with Crippen molar-refractivity contribution in [2.75, 3.05) is 6.61 Å². The minimum absolute atomic E-state index is 0.0682. The highest BCUT2D eigenvalue weighted by atomic mass is 32.1. The van der Waals surface area contributed by atoms with Gasteiger partial charge in [-0.1, -0.05) is 42.5 Å². The highest BCUT2D eigenvalue weighted by molar-refractivity contribution is 7.12. The lowest BCUT2D eigenvalue weighted by molar-refractivity contribution is -0.0155. The second-order valence-corrected chi connectivity index (χ2v) is 7.87. The van der Waals surface area contributed by atoms with Crippen molar-refractivity contribution in [2.45, 2.75) is 25.4 Å². The predicted octanol–water partition coefficient (Wildman–Crippen LogP) is 4.70. The van der Waals surface area contributed by atoms with E-state index < -0.39 is 0 Å². The minimum Gasteiger partial charge on any atom is -0.374 e. The molecule has 1 aromatic heterocycles. The number of ether oxygens (including phenoxy) is 1. The average molecular weight is 324 g/mol. The maximum absolute atomic E-state index is 12.4. The quantitative estimate of drug-likeness (QED) is 0.602. The normalized spacial score (nSPS) is 31.2. The van der Waals surface area contributed by atoms with Crippen molar-refractivity contribution < 1.29 is 9.53 Å². The first-order chi connectivity index (χ1) is 11.1. The largest absolute Gasteiger partial charge is 0.374 e. The topological polar surface area (TPSA) is 26.3 Å². The molecule has 23 heavy (non-hydrogen) atoms. The van der Waals surface area contributed by atoms with Gasteiger partial charge in [-0.2, -0.15) is 0 Å². The van der Waals surface area contributed by atoms with Crippen LogP contribution < -0.4 is 0 Å². The van der Waals surface area contributed by atoms with E-state index in [1.54, 1.807) is 6.08 Å². The summed E-state index contributed by atoms with van der Waals surface area (Å²) in [5.41, 5.74) is 1.04. The molecule has 1 aromatic carbocycles. The molecular formula is C20H20O2S. The summed E-state index contributed by atoms with van der Waals surface area (Å²) in [5, 5.41) is 1.94. The molecule has 2 nitrogen and oxygen atoms in total. The molecule has 3 heteroatoms. The van der Waals surface area contributed by atoms with E-state index in [-0.39, 0.29) is 16.8 Å². The minimum atomic E-state index is -0.246. The Morgan fingerprint density at radius 2 is 2.00 bits per heavy atom. The number of carbonyl (C=O) groups is 1.